The molecule has 1 amide bonds. The molecule has 0 atom stereocenters. The van der Waals surface area contributed by atoms with Gasteiger partial charge in [0.05, 0.1) is 4.88 Å². The van der Waals surface area contributed by atoms with Gasteiger partial charge in [0, 0.05) is 12.6 Å². The summed E-state index contributed by atoms with van der Waals surface area (Å²) in [6.07, 6.45) is 2.39. The number of hydrogen-bond acceptors (Lipinski definition) is 3. The molecular formula is C13H17NO3S. The van der Waals surface area contributed by atoms with Crippen molar-refractivity contribution in [1.82, 2.24) is 4.90 Å². The van der Waals surface area contributed by atoms with Crippen molar-refractivity contribution in [3.05, 3.63) is 21.9 Å². The molecule has 1 fully saturated rings. The third-order valence-electron chi connectivity index (χ3n) is 3.06. The SMILES string of the molecule is CC(C)N(CC1CC1)C(=O)c1ccc(C(=O)O)s1. The molecule has 0 aromatic carbocycles. The van der Waals surface area contributed by atoms with E-state index in [1.165, 1.54) is 18.9 Å². The van der Waals surface area contributed by atoms with Crippen LogP contribution in [0.4, 0.5) is 0 Å². The van der Waals surface area contributed by atoms with Gasteiger partial charge < -0.3 is 10.0 Å². The number of carbonyl (C=O) groups is 2. The topological polar surface area (TPSA) is 57.6 Å². The molecule has 2 rings (SSSR count). The van der Waals surface area contributed by atoms with E-state index in [-0.39, 0.29) is 16.8 Å². The average molecular weight is 267 g/mol. The van der Waals surface area contributed by atoms with Crippen LogP contribution in [-0.2, 0) is 0 Å². The molecule has 0 radical (unpaired) electrons. The highest BCUT2D eigenvalue weighted by atomic mass is 32.1. The largest absolute Gasteiger partial charge is 0.477 e. The Morgan fingerprint density at radius 2 is 2.00 bits per heavy atom. The monoisotopic (exact) mass is 267 g/mol. The molecule has 0 saturated heterocycles. The van der Waals surface area contributed by atoms with Crippen molar-refractivity contribution in [3.63, 3.8) is 0 Å². The first kappa shape index (κ1) is 13.1. The van der Waals surface area contributed by atoms with Crippen molar-refractivity contribution in [1.29, 1.82) is 0 Å². The van der Waals surface area contributed by atoms with E-state index < -0.39 is 5.97 Å². The molecule has 1 saturated carbocycles. The van der Waals surface area contributed by atoms with Crippen LogP contribution in [-0.4, -0.2) is 34.5 Å². The summed E-state index contributed by atoms with van der Waals surface area (Å²) in [5, 5.41) is 8.87. The van der Waals surface area contributed by atoms with E-state index in [0.29, 0.717) is 10.8 Å². The van der Waals surface area contributed by atoms with Gasteiger partial charge in [0.25, 0.3) is 5.91 Å². The lowest BCUT2D eigenvalue weighted by Gasteiger charge is -2.26. The number of hydrogen-bond donors (Lipinski definition) is 1. The Bertz CT molecular complexity index is 463. The van der Waals surface area contributed by atoms with E-state index in [4.69, 9.17) is 5.11 Å². The van der Waals surface area contributed by atoms with Gasteiger partial charge in [-0.05, 0) is 44.7 Å². The van der Waals surface area contributed by atoms with E-state index in [2.05, 4.69) is 0 Å². The number of rotatable bonds is 5. The lowest BCUT2D eigenvalue weighted by atomic mass is 10.2. The highest BCUT2D eigenvalue weighted by Crippen LogP contribution is 2.31. The Balaban J connectivity index is 2.12. The van der Waals surface area contributed by atoms with Crippen LogP contribution in [0.15, 0.2) is 12.1 Å². The fraction of sp³-hybridized carbons (Fsp3) is 0.538. The number of amides is 1. The molecule has 1 aromatic heterocycles. The fourth-order valence-corrected chi connectivity index (χ4v) is 2.62. The van der Waals surface area contributed by atoms with Crippen LogP contribution < -0.4 is 0 Å². The second-order valence-corrected chi connectivity index (χ2v) is 6.05. The van der Waals surface area contributed by atoms with E-state index in [1.807, 2.05) is 18.7 Å². The first-order valence-corrected chi connectivity index (χ1v) is 6.94. The zero-order chi connectivity index (χ0) is 13.3. The summed E-state index contributed by atoms with van der Waals surface area (Å²) < 4.78 is 0. The van der Waals surface area contributed by atoms with Gasteiger partial charge in [-0.15, -0.1) is 11.3 Å². The predicted octanol–water partition coefficient (Wildman–Crippen LogP) is 2.71. The molecule has 0 unspecified atom stereocenters. The predicted molar refractivity (Wildman–Crippen MR) is 70.2 cm³/mol. The van der Waals surface area contributed by atoms with E-state index in [1.54, 1.807) is 6.07 Å². The molecule has 98 valence electrons. The molecule has 4 nitrogen and oxygen atoms in total. The number of carboxylic acid groups (broad SMARTS) is 1. The summed E-state index contributed by atoms with van der Waals surface area (Å²) in [7, 11) is 0. The zero-order valence-corrected chi connectivity index (χ0v) is 11.4. The summed E-state index contributed by atoms with van der Waals surface area (Å²) in [5.41, 5.74) is 0. The van der Waals surface area contributed by atoms with Crippen LogP contribution in [0.2, 0.25) is 0 Å². The molecule has 18 heavy (non-hydrogen) atoms. The maximum Gasteiger partial charge on any atom is 0.345 e. The van der Waals surface area contributed by atoms with Crippen LogP contribution >= 0.6 is 11.3 Å². The Kier molecular flexibility index (Phi) is 3.71. The summed E-state index contributed by atoms with van der Waals surface area (Å²) in [4.78, 5) is 25.7. The highest BCUT2D eigenvalue weighted by molar-refractivity contribution is 7.15. The van der Waals surface area contributed by atoms with Crippen LogP contribution in [0.1, 0.15) is 46.0 Å². The summed E-state index contributed by atoms with van der Waals surface area (Å²) >= 11 is 1.05. The van der Waals surface area contributed by atoms with Crippen LogP contribution in [0, 0.1) is 5.92 Å². The Morgan fingerprint density at radius 1 is 1.39 bits per heavy atom. The minimum absolute atomic E-state index is 0.0469. The highest BCUT2D eigenvalue weighted by Gasteiger charge is 2.29. The van der Waals surface area contributed by atoms with Gasteiger partial charge in [0.2, 0.25) is 0 Å². The lowest BCUT2D eigenvalue weighted by molar-refractivity contribution is 0.0694. The first-order chi connectivity index (χ1) is 8.49. The van der Waals surface area contributed by atoms with Gasteiger partial charge in [0.1, 0.15) is 4.88 Å². The molecule has 5 heteroatoms. The molecule has 0 aliphatic heterocycles. The van der Waals surface area contributed by atoms with Crippen molar-refractivity contribution < 1.29 is 14.7 Å². The average Bonchev–Trinajstić information content (AvgIpc) is 2.97. The van der Waals surface area contributed by atoms with Crippen molar-refractivity contribution >= 4 is 23.2 Å². The van der Waals surface area contributed by atoms with Crippen molar-refractivity contribution in [2.75, 3.05) is 6.54 Å². The Morgan fingerprint density at radius 3 is 2.44 bits per heavy atom. The van der Waals surface area contributed by atoms with E-state index >= 15 is 0 Å². The zero-order valence-electron chi connectivity index (χ0n) is 10.5. The van der Waals surface area contributed by atoms with Gasteiger partial charge in [-0.3, -0.25) is 4.79 Å². The number of aromatic carboxylic acids is 1. The van der Waals surface area contributed by atoms with Crippen molar-refractivity contribution in [2.45, 2.75) is 32.7 Å². The maximum absolute atomic E-state index is 12.3. The lowest BCUT2D eigenvalue weighted by Crippen LogP contribution is -2.38. The minimum Gasteiger partial charge on any atom is -0.477 e. The molecule has 1 heterocycles. The second-order valence-electron chi connectivity index (χ2n) is 4.96. The fourth-order valence-electron chi connectivity index (χ4n) is 1.82. The molecule has 0 bridgehead atoms. The summed E-state index contributed by atoms with van der Waals surface area (Å²) in [6, 6.07) is 3.25. The van der Waals surface area contributed by atoms with E-state index in [0.717, 1.165) is 17.9 Å². The molecular weight excluding hydrogens is 250 g/mol. The molecule has 0 spiro atoms. The van der Waals surface area contributed by atoms with Crippen LogP contribution in [0.3, 0.4) is 0 Å². The summed E-state index contributed by atoms with van der Waals surface area (Å²) in [6.45, 7) is 4.77. The normalized spacial score (nSPS) is 14.8. The number of thiophene rings is 1. The third kappa shape index (κ3) is 2.90. The van der Waals surface area contributed by atoms with Gasteiger partial charge in [0.15, 0.2) is 0 Å². The van der Waals surface area contributed by atoms with Crippen LogP contribution in [0.25, 0.3) is 0 Å². The molecule has 1 aromatic rings. The maximum atomic E-state index is 12.3. The second kappa shape index (κ2) is 5.10. The molecule has 1 aliphatic rings. The first-order valence-electron chi connectivity index (χ1n) is 6.13. The Labute approximate surface area is 110 Å². The quantitative estimate of drug-likeness (QED) is 0.892. The third-order valence-corrected chi connectivity index (χ3v) is 4.12. The van der Waals surface area contributed by atoms with Crippen molar-refractivity contribution in [3.8, 4) is 0 Å². The number of carboxylic acids is 1. The smallest absolute Gasteiger partial charge is 0.345 e. The van der Waals surface area contributed by atoms with Gasteiger partial charge in [-0.1, -0.05) is 0 Å². The standard InChI is InChI=1S/C13H17NO3S/c1-8(2)14(7-9-3-4-9)12(15)10-5-6-11(18-10)13(16)17/h5-6,8-9H,3-4,7H2,1-2H3,(H,16,17). The minimum atomic E-state index is -0.975. The Hall–Kier alpha value is -1.36. The van der Waals surface area contributed by atoms with Crippen LogP contribution in [0.5, 0.6) is 0 Å². The van der Waals surface area contributed by atoms with E-state index in [9.17, 15) is 9.59 Å². The summed E-state index contributed by atoms with van der Waals surface area (Å²) in [5.74, 6) is -0.387. The molecule has 1 aliphatic carbocycles. The van der Waals surface area contributed by atoms with Crippen molar-refractivity contribution in [2.24, 2.45) is 5.92 Å². The van der Waals surface area contributed by atoms with Gasteiger partial charge in [-0.2, -0.15) is 0 Å². The van der Waals surface area contributed by atoms with Gasteiger partial charge >= 0.3 is 5.97 Å². The number of carbonyl (C=O) groups excluding carboxylic acids is 1. The molecule has 1 N–H and O–H groups in total. The van der Waals surface area contributed by atoms with Gasteiger partial charge in [-0.25, -0.2) is 4.79 Å². The number of nitrogens with zero attached hydrogens (tertiary/aromatic N) is 1.